The molecule has 0 bridgehead atoms. The SMILES string of the molecule is Cc1nnc(C(C)Sc2nnc(-c3ccc(Cl)cc3)n2-c2ccccc2)o1. The van der Waals surface area contributed by atoms with Gasteiger partial charge in [-0.2, -0.15) is 0 Å². The zero-order chi connectivity index (χ0) is 18.8. The molecule has 0 radical (unpaired) electrons. The van der Waals surface area contributed by atoms with Crippen molar-refractivity contribution in [3.8, 4) is 17.1 Å². The molecule has 6 nitrogen and oxygen atoms in total. The van der Waals surface area contributed by atoms with Gasteiger partial charge >= 0.3 is 0 Å². The predicted octanol–water partition coefficient (Wildman–Crippen LogP) is 5.13. The number of thioether (sulfide) groups is 1. The van der Waals surface area contributed by atoms with Crippen molar-refractivity contribution >= 4 is 23.4 Å². The maximum atomic E-state index is 6.03. The minimum Gasteiger partial charge on any atom is -0.424 e. The van der Waals surface area contributed by atoms with Gasteiger partial charge in [-0.25, -0.2) is 0 Å². The van der Waals surface area contributed by atoms with Crippen molar-refractivity contribution in [2.24, 2.45) is 0 Å². The number of aromatic nitrogens is 5. The van der Waals surface area contributed by atoms with Gasteiger partial charge in [-0.3, -0.25) is 4.57 Å². The van der Waals surface area contributed by atoms with E-state index in [0.717, 1.165) is 22.2 Å². The monoisotopic (exact) mass is 397 g/mol. The van der Waals surface area contributed by atoms with Gasteiger partial charge in [0.1, 0.15) is 0 Å². The first kappa shape index (κ1) is 17.8. The number of aryl methyl sites for hydroxylation is 1. The highest BCUT2D eigenvalue weighted by Gasteiger charge is 2.21. The minimum absolute atomic E-state index is 0.0593. The van der Waals surface area contributed by atoms with Gasteiger partial charge in [0.15, 0.2) is 11.0 Å². The Morgan fingerprint density at radius 1 is 0.963 bits per heavy atom. The second-order valence-electron chi connectivity index (χ2n) is 5.90. The highest BCUT2D eigenvalue weighted by molar-refractivity contribution is 7.99. The van der Waals surface area contributed by atoms with Crippen LogP contribution in [-0.4, -0.2) is 25.0 Å². The number of halogens is 1. The summed E-state index contributed by atoms with van der Waals surface area (Å²) in [5.41, 5.74) is 1.91. The van der Waals surface area contributed by atoms with Crippen LogP contribution in [0.2, 0.25) is 5.02 Å². The molecule has 8 heteroatoms. The molecule has 0 amide bonds. The van der Waals surface area contributed by atoms with E-state index in [1.807, 2.05) is 66.1 Å². The van der Waals surface area contributed by atoms with E-state index in [1.165, 1.54) is 11.8 Å². The molecule has 4 aromatic rings. The summed E-state index contributed by atoms with van der Waals surface area (Å²) in [6, 6.07) is 17.6. The summed E-state index contributed by atoms with van der Waals surface area (Å²) in [6.45, 7) is 3.78. The smallest absolute Gasteiger partial charge is 0.229 e. The number of rotatable bonds is 5. The van der Waals surface area contributed by atoms with Crippen LogP contribution in [0.3, 0.4) is 0 Å². The van der Waals surface area contributed by atoms with Crippen molar-refractivity contribution < 1.29 is 4.42 Å². The Kier molecular flexibility index (Phi) is 4.96. The van der Waals surface area contributed by atoms with Crippen molar-refractivity contribution in [1.29, 1.82) is 0 Å². The molecular weight excluding hydrogens is 382 g/mol. The molecule has 4 rings (SSSR count). The van der Waals surface area contributed by atoms with Crippen LogP contribution in [0.25, 0.3) is 17.1 Å². The van der Waals surface area contributed by atoms with E-state index in [-0.39, 0.29) is 5.25 Å². The Balaban J connectivity index is 1.76. The van der Waals surface area contributed by atoms with E-state index in [2.05, 4.69) is 20.4 Å². The lowest BCUT2D eigenvalue weighted by atomic mass is 10.2. The second-order valence-corrected chi connectivity index (χ2v) is 7.65. The van der Waals surface area contributed by atoms with Crippen LogP contribution in [0.5, 0.6) is 0 Å². The largest absolute Gasteiger partial charge is 0.424 e. The third-order valence-electron chi connectivity index (χ3n) is 3.92. The molecule has 0 saturated heterocycles. The third-order valence-corrected chi connectivity index (χ3v) is 5.20. The molecule has 0 N–H and O–H groups in total. The maximum absolute atomic E-state index is 6.03. The van der Waals surface area contributed by atoms with Crippen LogP contribution < -0.4 is 0 Å². The molecule has 2 aromatic carbocycles. The highest BCUT2D eigenvalue weighted by Crippen LogP contribution is 2.36. The zero-order valence-electron chi connectivity index (χ0n) is 14.7. The summed E-state index contributed by atoms with van der Waals surface area (Å²) in [7, 11) is 0. The third kappa shape index (κ3) is 3.74. The quantitative estimate of drug-likeness (QED) is 0.434. The molecule has 2 heterocycles. The fourth-order valence-corrected chi connectivity index (χ4v) is 3.65. The lowest BCUT2D eigenvalue weighted by Gasteiger charge is -2.12. The number of nitrogens with zero attached hydrogens (tertiary/aromatic N) is 5. The molecule has 27 heavy (non-hydrogen) atoms. The first-order valence-electron chi connectivity index (χ1n) is 8.35. The van der Waals surface area contributed by atoms with E-state index in [1.54, 1.807) is 6.92 Å². The molecule has 0 spiro atoms. The summed E-state index contributed by atoms with van der Waals surface area (Å²) >= 11 is 7.55. The fraction of sp³-hybridized carbons (Fsp3) is 0.158. The molecule has 0 aliphatic rings. The lowest BCUT2D eigenvalue weighted by molar-refractivity contribution is 0.470. The average Bonchev–Trinajstić information content (AvgIpc) is 3.29. The maximum Gasteiger partial charge on any atom is 0.229 e. The fourth-order valence-electron chi connectivity index (χ4n) is 2.63. The molecular formula is C19H16ClN5OS. The number of para-hydroxylation sites is 1. The van der Waals surface area contributed by atoms with E-state index >= 15 is 0 Å². The highest BCUT2D eigenvalue weighted by atomic mass is 35.5. The molecule has 0 saturated carbocycles. The van der Waals surface area contributed by atoms with Crippen LogP contribution in [0.1, 0.15) is 24.0 Å². The van der Waals surface area contributed by atoms with Gasteiger partial charge in [0, 0.05) is 23.2 Å². The van der Waals surface area contributed by atoms with E-state index in [4.69, 9.17) is 16.0 Å². The second kappa shape index (κ2) is 7.54. The summed E-state index contributed by atoms with van der Waals surface area (Å²) < 4.78 is 7.57. The number of hydrogen-bond acceptors (Lipinski definition) is 6. The van der Waals surface area contributed by atoms with Crippen LogP contribution >= 0.6 is 23.4 Å². The molecule has 136 valence electrons. The van der Waals surface area contributed by atoms with E-state index < -0.39 is 0 Å². The van der Waals surface area contributed by atoms with Gasteiger partial charge < -0.3 is 4.42 Å². The molecule has 1 atom stereocenters. The molecule has 0 aliphatic heterocycles. The topological polar surface area (TPSA) is 69.6 Å². The Morgan fingerprint density at radius 2 is 1.70 bits per heavy atom. The first-order valence-corrected chi connectivity index (χ1v) is 9.61. The van der Waals surface area contributed by atoms with E-state index in [0.29, 0.717) is 16.8 Å². The summed E-state index contributed by atoms with van der Waals surface area (Å²) in [6.07, 6.45) is 0. The van der Waals surface area contributed by atoms with Gasteiger partial charge in [-0.05, 0) is 43.3 Å². The Bertz CT molecular complexity index is 1050. The first-order chi connectivity index (χ1) is 13.1. The average molecular weight is 398 g/mol. The van der Waals surface area contributed by atoms with Gasteiger partial charge in [0.25, 0.3) is 0 Å². The number of hydrogen-bond donors (Lipinski definition) is 0. The van der Waals surface area contributed by atoms with Crippen molar-refractivity contribution in [1.82, 2.24) is 25.0 Å². The summed E-state index contributed by atoms with van der Waals surface area (Å²) in [5.74, 6) is 1.85. The normalized spacial score (nSPS) is 12.3. The minimum atomic E-state index is -0.0593. The summed E-state index contributed by atoms with van der Waals surface area (Å²) in [4.78, 5) is 0. The van der Waals surface area contributed by atoms with Gasteiger partial charge in [-0.1, -0.05) is 41.6 Å². The Hall–Kier alpha value is -2.64. The van der Waals surface area contributed by atoms with E-state index in [9.17, 15) is 0 Å². The number of benzene rings is 2. The van der Waals surface area contributed by atoms with Gasteiger partial charge in [-0.15, -0.1) is 20.4 Å². The van der Waals surface area contributed by atoms with Crippen LogP contribution in [0.15, 0.2) is 64.2 Å². The van der Waals surface area contributed by atoms with Crippen molar-refractivity contribution in [3.05, 3.63) is 71.4 Å². The molecule has 0 fully saturated rings. The Labute approximate surface area is 165 Å². The Morgan fingerprint density at radius 3 is 2.37 bits per heavy atom. The van der Waals surface area contributed by atoms with Gasteiger partial charge in [0.05, 0.1) is 5.25 Å². The van der Waals surface area contributed by atoms with Crippen molar-refractivity contribution in [2.45, 2.75) is 24.3 Å². The van der Waals surface area contributed by atoms with Crippen molar-refractivity contribution in [2.75, 3.05) is 0 Å². The van der Waals surface area contributed by atoms with Crippen LogP contribution in [0, 0.1) is 6.92 Å². The predicted molar refractivity (Wildman–Crippen MR) is 105 cm³/mol. The standard InChI is InChI=1S/C19H16ClN5OS/c1-12(18-23-21-13(2)26-18)27-19-24-22-17(14-8-10-15(20)11-9-14)25(19)16-6-4-3-5-7-16/h3-12H,1-2H3. The molecule has 2 aromatic heterocycles. The zero-order valence-corrected chi connectivity index (χ0v) is 16.3. The lowest BCUT2D eigenvalue weighted by Crippen LogP contribution is -2.00. The summed E-state index contributed by atoms with van der Waals surface area (Å²) in [5, 5.41) is 18.2. The van der Waals surface area contributed by atoms with Crippen LogP contribution in [0.4, 0.5) is 0 Å². The van der Waals surface area contributed by atoms with Crippen LogP contribution in [-0.2, 0) is 0 Å². The molecule has 1 unspecified atom stereocenters. The van der Waals surface area contributed by atoms with Crippen molar-refractivity contribution in [3.63, 3.8) is 0 Å². The van der Waals surface area contributed by atoms with Gasteiger partial charge in [0.2, 0.25) is 11.8 Å². The molecule has 0 aliphatic carbocycles.